The number of nitriles is 1. The Morgan fingerprint density at radius 2 is 1.94 bits per heavy atom. The zero-order chi connectivity index (χ0) is 11.1. The lowest BCUT2D eigenvalue weighted by Crippen LogP contribution is -1.75. The highest BCUT2D eigenvalue weighted by molar-refractivity contribution is 7.26. The minimum absolute atomic E-state index is 0.776. The van der Waals surface area contributed by atoms with Crippen LogP contribution in [0.15, 0.2) is 36.4 Å². The first-order valence-corrected chi connectivity index (χ1v) is 5.94. The standard InChI is InChI=1S/C14H9NS/c1-9-4-2-7-12-13(9)11-6-3-5-10(8-15)14(11)16-12/h2-7H,1H3. The highest BCUT2D eigenvalue weighted by Crippen LogP contribution is 2.37. The van der Waals surface area contributed by atoms with E-state index in [-0.39, 0.29) is 0 Å². The fraction of sp³-hybridized carbons (Fsp3) is 0.0714. The van der Waals surface area contributed by atoms with E-state index < -0.39 is 0 Å². The van der Waals surface area contributed by atoms with E-state index in [1.807, 2.05) is 12.1 Å². The molecule has 1 aromatic heterocycles. The fourth-order valence-corrected chi connectivity index (χ4v) is 3.36. The van der Waals surface area contributed by atoms with Gasteiger partial charge < -0.3 is 0 Å². The summed E-state index contributed by atoms with van der Waals surface area (Å²) in [6, 6.07) is 14.5. The molecule has 0 aliphatic carbocycles. The van der Waals surface area contributed by atoms with Crippen molar-refractivity contribution in [2.24, 2.45) is 0 Å². The lowest BCUT2D eigenvalue weighted by molar-refractivity contribution is 1.51. The lowest BCUT2D eigenvalue weighted by atomic mass is 10.1. The van der Waals surface area contributed by atoms with Crippen molar-refractivity contribution in [2.75, 3.05) is 0 Å². The molecule has 1 heterocycles. The second-order valence-corrected chi connectivity index (χ2v) is 4.90. The smallest absolute Gasteiger partial charge is 0.101 e. The first-order chi connectivity index (χ1) is 7.81. The SMILES string of the molecule is Cc1cccc2sc3c(C#N)cccc3c12. The second-order valence-electron chi connectivity index (χ2n) is 3.84. The molecule has 2 aromatic carbocycles. The Labute approximate surface area is 97.6 Å². The van der Waals surface area contributed by atoms with Crippen molar-refractivity contribution in [3.05, 3.63) is 47.5 Å². The average molecular weight is 223 g/mol. The zero-order valence-corrected chi connectivity index (χ0v) is 9.64. The summed E-state index contributed by atoms with van der Waals surface area (Å²) in [4.78, 5) is 0. The maximum Gasteiger partial charge on any atom is 0.101 e. The quantitative estimate of drug-likeness (QED) is 0.559. The number of hydrogen-bond acceptors (Lipinski definition) is 2. The van der Waals surface area contributed by atoms with Gasteiger partial charge in [-0.2, -0.15) is 5.26 Å². The predicted molar refractivity (Wildman–Crippen MR) is 68.8 cm³/mol. The van der Waals surface area contributed by atoms with Gasteiger partial charge in [-0.1, -0.05) is 24.3 Å². The van der Waals surface area contributed by atoms with Crippen LogP contribution >= 0.6 is 11.3 Å². The van der Waals surface area contributed by atoms with Gasteiger partial charge >= 0.3 is 0 Å². The normalized spacial score (nSPS) is 10.8. The molecule has 0 bridgehead atoms. The third-order valence-corrected chi connectivity index (χ3v) is 4.06. The molecule has 0 spiro atoms. The van der Waals surface area contributed by atoms with Crippen molar-refractivity contribution in [3.8, 4) is 6.07 Å². The average Bonchev–Trinajstić information content (AvgIpc) is 2.68. The number of rotatable bonds is 0. The summed E-state index contributed by atoms with van der Waals surface area (Å²) in [5.74, 6) is 0. The second kappa shape index (κ2) is 3.33. The van der Waals surface area contributed by atoms with Crippen LogP contribution in [0.1, 0.15) is 11.1 Å². The predicted octanol–water partition coefficient (Wildman–Crippen LogP) is 4.23. The van der Waals surface area contributed by atoms with E-state index in [1.165, 1.54) is 21.0 Å². The van der Waals surface area contributed by atoms with Crippen LogP contribution in [0.4, 0.5) is 0 Å². The first kappa shape index (κ1) is 9.38. The highest BCUT2D eigenvalue weighted by Gasteiger charge is 2.09. The number of thiophene rings is 1. The van der Waals surface area contributed by atoms with Crippen LogP contribution in [-0.2, 0) is 0 Å². The Kier molecular flexibility index (Phi) is 1.95. The molecule has 0 radical (unpaired) electrons. The lowest BCUT2D eigenvalue weighted by Gasteiger charge is -1.96. The number of hydrogen-bond donors (Lipinski definition) is 0. The van der Waals surface area contributed by atoms with Crippen LogP contribution in [0.5, 0.6) is 0 Å². The van der Waals surface area contributed by atoms with Crippen LogP contribution in [-0.4, -0.2) is 0 Å². The van der Waals surface area contributed by atoms with Crippen molar-refractivity contribution in [1.29, 1.82) is 5.26 Å². The molecule has 0 amide bonds. The molecule has 0 saturated heterocycles. The van der Waals surface area contributed by atoms with Crippen molar-refractivity contribution in [2.45, 2.75) is 6.92 Å². The molecular formula is C14H9NS. The number of nitrogens with zero attached hydrogens (tertiary/aromatic N) is 1. The van der Waals surface area contributed by atoms with Crippen LogP contribution in [0.2, 0.25) is 0 Å². The van der Waals surface area contributed by atoms with Gasteiger partial charge in [-0.25, -0.2) is 0 Å². The molecule has 3 rings (SSSR count). The molecule has 0 aliphatic rings. The Morgan fingerprint density at radius 3 is 2.75 bits per heavy atom. The van der Waals surface area contributed by atoms with Crippen LogP contribution < -0.4 is 0 Å². The Balaban J connectivity index is 2.63. The van der Waals surface area contributed by atoms with Gasteiger partial charge in [0.1, 0.15) is 6.07 Å². The third kappa shape index (κ3) is 1.16. The van der Waals surface area contributed by atoms with Crippen LogP contribution in [0.3, 0.4) is 0 Å². The molecule has 2 heteroatoms. The minimum atomic E-state index is 0.776. The van der Waals surface area contributed by atoms with E-state index in [4.69, 9.17) is 5.26 Å². The van der Waals surface area contributed by atoms with Gasteiger partial charge in [0.25, 0.3) is 0 Å². The molecule has 76 valence electrons. The van der Waals surface area contributed by atoms with E-state index in [1.54, 1.807) is 11.3 Å². The highest BCUT2D eigenvalue weighted by atomic mass is 32.1. The van der Waals surface area contributed by atoms with Gasteiger partial charge in [0.2, 0.25) is 0 Å². The van der Waals surface area contributed by atoms with Gasteiger partial charge in [-0.15, -0.1) is 11.3 Å². The zero-order valence-electron chi connectivity index (χ0n) is 8.82. The monoisotopic (exact) mass is 223 g/mol. The topological polar surface area (TPSA) is 23.8 Å². The van der Waals surface area contributed by atoms with Gasteiger partial charge in [-0.05, 0) is 24.6 Å². The van der Waals surface area contributed by atoms with Gasteiger partial charge in [0.05, 0.1) is 10.3 Å². The molecule has 0 atom stereocenters. The van der Waals surface area contributed by atoms with Crippen molar-refractivity contribution in [1.82, 2.24) is 0 Å². The molecular weight excluding hydrogens is 214 g/mol. The van der Waals surface area contributed by atoms with Gasteiger partial charge in [0.15, 0.2) is 0 Å². The van der Waals surface area contributed by atoms with Crippen molar-refractivity contribution >= 4 is 31.5 Å². The number of aryl methyl sites for hydroxylation is 1. The van der Waals surface area contributed by atoms with E-state index in [0.29, 0.717) is 0 Å². The molecule has 1 nitrogen and oxygen atoms in total. The van der Waals surface area contributed by atoms with Crippen LogP contribution in [0.25, 0.3) is 20.2 Å². The Bertz CT molecular complexity index is 731. The molecule has 0 fully saturated rings. The van der Waals surface area contributed by atoms with Crippen LogP contribution in [0, 0.1) is 18.3 Å². The fourth-order valence-electron chi connectivity index (χ4n) is 2.11. The van der Waals surface area contributed by atoms with E-state index >= 15 is 0 Å². The maximum absolute atomic E-state index is 9.09. The summed E-state index contributed by atoms with van der Waals surface area (Å²) in [5.41, 5.74) is 2.05. The van der Waals surface area contributed by atoms with E-state index in [0.717, 1.165) is 10.3 Å². The molecule has 0 saturated carbocycles. The van der Waals surface area contributed by atoms with Gasteiger partial charge in [-0.3, -0.25) is 0 Å². The summed E-state index contributed by atoms with van der Waals surface area (Å²) >= 11 is 1.70. The minimum Gasteiger partial charge on any atom is -0.192 e. The summed E-state index contributed by atoms with van der Waals surface area (Å²) in [6.07, 6.45) is 0. The molecule has 16 heavy (non-hydrogen) atoms. The summed E-state index contributed by atoms with van der Waals surface area (Å²) < 4.78 is 2.37. The first-order valence-electron chi connectivity index (χ1n) is 5.12. The molecule has 0 aliphatic heterocycles. The summed E-state index contributed by atoms with van der Waals surface area (Å²) in [7, 11) is 0. The summed E-state index contributed by atoms with van der Waals surface area (Å²) in [6.45, 7) is 2.12. The van der Waals surface area contributed by atoms with E-state index in [9.17, 15) is 0 Å². The van der Waals surface area contributed by atoms with Crippen molar-refractivity contribution < 1.29 is 0 Å². The van der Waals surface area contributed by atoms with E-state index in [2.05, 4.69) is 37.3 Å². The molecule has 0 unspecified atom stereocenters. The Morgan fingerprint density at radius 1 is 1.12 bits per heavy atom. The number of benzene rings is 2. The van der Waals surface area contributed by atoms with Gasteiger partial charge in [0, 0.05) is 15.5 Å². The summed E-state index contributed by atoms with van der Waals surface area (Å²) in [5, 5.41) is 11.6. The molecule has 0 N–H and O–H groups in total. The molecule has 3 aromatic rings. The third-order valence-electron chi connectivity index (χ3n) is 2.85. The van der Waals surface area contributed by atoms with Crippen molar-refractivity contribution in [3.63, 3.8) is 0 Å². The maximum atomic E-state index is 9.09. The largest absolute Gasteiger partial charge is 0.192 e. The Hall–Kier alpha value is -1.85. The number of fused-ring (bicyclic) bond motifs is 3.